The third-order valence-corrected chi connectivity index (χ3v) is 5.03. The number of nitrogens with zero attached hydrogens (tertiary/aromatic N) is 1. The first-order valence-corrected chi connectivity index (χ1v) is 9.60. The van der Waals surface area contributed by atoms with E-state index >= 15 is 0 Å². The highest BCUT2D eigenvalue weighted by Crippen LogP contribution is 2.38. The smallest absolute Gasteiger partial charge is 0.265 e. The van der Waals surface area contributed by atoms with E-state index in [4.69, 9.17) is 14.2 Å². The molecule has 1 saturated heterocycles. The van der Waals surface area contributed by atoms with E-state index in [1.165, 1.54) is 33.5 Å². The highest BCUT2D eigenvalue weighted by molar-refractivity contribution is 6.22. The topological polar surface area (TPSA) is 106 Å². The van der Waals surface area contributed by atoms with Gasteiger partial charge in [0.2, 0.25) is 11.7 Å². The highest BCUT2D eigenvalue weighted by atomic mass is 16.5. The average molecular weight is 427 g/mol. The summed E-state index contributed by atoms with van der Waals surface area (Å²) in [6.45, 7) is 3.78. The van der Waals surface area contributed by atoms with Crippen molar-refractivity contribution in [1.29, 1.82) is 0 Å². The fraction of sp³-hybridized carbons (Fsp3) is 0.318. The van der Waals surface area contributed by atoms with Crippen LogP contribution < -0.4 is 30.0 Å². The molecule has 0 bridgehead atoms. The number of methoxy groups -OCH3 is 3. The number of aryl methyl sites for hydroxylation is 2. The Bertz CT molecular complexity index is 1010. The summed E-state index contributed by atoms with van der Waals surface area (Å²) in [5.41, 5.74) is 7.78. The van der Waals surface area contributed by atoms with Crippen LogP contribution in [0.5, 0.6) is 17.2 Å². The number of carbonyl (C=O) groups is 3. The Morgan fingerprint density at radius 3 is 2.19 bits per heavy atom. The van der Waals surface area contributed by atoms with E-state index in [9.17, 15) is 14.4 Å². The quantitative estimate of drug-likeness (QED) is 0.513. The number of nitrogens with one attached hydrogen (secondary N) is 2. The van der Waals surface area contributed by atoms with Gasteiger partial charge in [0.25, 0.3) is 11.8 Å². The summed E-state index contributed by atoms with van der Waals surface area (Å²) < 4.78 is 15.7. The Labute approximate surface area is 180 Å². The molecule has 0 radical (unpaired) electrons. The van der Waals surface area contributed by atoms with Crippen LogP contribution in [0.25, 0.3) is 0 Å². The highest BCUT2D eigenvalue weighted by Gasteiger charge is 2.40. The van der Waals surface area contributed by atoms with E-state index in [1.54, 1.807) is 6.07 Å². The minimum atomic E-state index is -0.876. The summed E-state index contributed by atoms with van der Waals surface area (Å²) >= 11 is 0. The zero-order chi connectivity index (χ0) is 22.7. The minimum Gasteiger partial charge on any atom is -0.493 e. The molecule has 1 fully saturated rings. The van der Waals surface area contributed by atoms with Crippen LogP contribution in [0.1, 0.15) is 27.9 Å². The molecule has 1 atom stereocenters. The summed E-state index contributed by atoms with van der Waals surface area (Å²) in [6, 6.07) is 7.60. The van der Waals surface area contributed by atoms with Crippen LogP contribution in [-0.4, -0.2) is 45.1 Å². The molecule has 1 heterocycles. The van der Waals surface area contributed by atoms with Crippen LogP contribution in [0.3, 0.4) is 0 Å². The fourth-order valence-corrected chi connectivity index (χ4v) is 3.49. The van der Waals surface area contributed by atoms with Gasteiger partial charge in [-0.3, -0.25) is 19.8 Å². The van der Waals surface area contributed by atoms with Crippen molar-refractivity contribution in [2.75, 3.05) is 26.2 Å². The van der Waals surface area contributed by atoms with Crippen molar-refractivity contribution in [1.82, 2.24) is 10.9 Å². The monoisotopic (exact) mass is 427 g/mol. The summed E-state index contributed by atoms with van der Waals surface area (Å²) in [5, 5.41) is 0. The molecule has 164 valence electrons. The van der Waals surface area contributed by atoms with Crippen LogP contribution in [0.4, 0.5) is 5.69 Å². The molecule has 3 rings (SSSR count). The summed E-state index contributed by atoms with van der Waals surface area (Å²) in [4.78, 5) is 39.1. The van der Waals surface area contributed by atoms with Gasteiger partial charge in [0.05, 0.1) is 33.4 Å². The number of ether oxygens (including phenoxy) is 3. The first-order valence-electron chi connectivity index (χ1n) is 9.60. The van der Waals surface area contributed by atoms with Gasteiger partial charge < -0.3 is 14.2 Å². The predicted octanol–water partition coefficient (Wildman–Crippen LogP) is 1.90. The number of imide groups is 1. The SMILES string of the molecule is COc1cc(C(=O)NN[C@H]2CC(=O)N(c3ccc(C)cc3C)C2=O)cc(OC)c1OC. The lowest BCUT2D eigenvalue weighted by Gasteiger charge is -2.18. The summed E-state index contributed by atoms with van der Waals surface area (Å²) in [5.74, 6) is -0.293. The van der Waals surface area contributed by atoms with Crippen molar-refractivity contribution in [2.24, 2.45) is 0 Å². The van der Waals surface area contributed by atoms with Gasteiger partial charge in [0.15, 0.2) is 11.5 Å². The number of carbonyl (C=O) groups excluding carboxylic acids is 3. The summed E-state index contributed by atoms with van der Waals surface area (Å²) in [7, 11) is 4.36. The average Bonchev–Trinajstić information content (AvgIpc) is 3.04. The van der Waals surface area contributed by atoms with Gasteiger partial charge >= 0.3 is 0 Å². The molecule has 2 N–H and O–H groups in total. The predicted molar refractivity (Wildman–Crippen MR) is 114 cm³/mol. The molecule has 1 aliphatic rings. The Kier molecular flexibility index (Phi) is 6.45. The molecule has 3 amide bonds. The molecule has 9 heteroatoms. The van der Waals surface area contributed by atoms with E-state index < -0.39 is 17.9 Å². The Morgan fingerprint density at radius 2 is 1.65 bits per heavy atom. The molecule has 0 unspecified atom stereocenters. The van der Waals surface area contributed by atoms with Crippen molar-refractivity contribution >= 4 is 23.4 Å². The molecule has 1 aliphatic heterocycles. The van der Waals surface area contributed by atoms with Gasteiger partial charge in [-0.25, -0.2) is 10.3 Å². The van der Waals surface area contributed by atoms with Gasteiger partial charge in [-0.15, -0.1) is 0 Å². The number of hydrogen-bond donors (Lipinski definition) is 2. The maximum Gasteiger partial charge on any atom is 0.265 e. The van der Waals surface area contributed by atoms with Gasteiger partial charge in [0, 0.05) is 5.56 Å². The Morgan fingerprint density at radius 1 is 1.00 bits per heavy atom. The largest absolute Gasteiger partial charge is 0.493 e. The molecule has 2 aromatic rings. The second-order valence-electron chi connectivity index (χ2n) is 7.13. The van der Waals surface area contributed by atoms with E-state index in [0.29, 0.717) is 22.9 Å². The minimum absolute atomic E-state index is 0.0678. The second-order valence-corrected chi connectivity index (χ2v) is 7.13. The molecular formula is C22H25N3O6. The van der Waals surface area contributed by atoms with E-state index in [2.05, 4.69) is 10.9 Å². The number of rotatable bonds is 7. The maximum absolute atomic E-state index is 12.8. The molecule has 0 spiro atoms. The number of hydrogen-bond acceptors (Lipinski definition) is 7. The first-order chi connectivity index (χ1) is 14.8. The normalized spacial score (nSPS) is 15.8. The number of hydrazine groups is 1. The van der Waals surface area contributed by atoms with Crippen molar-refractivity contribution in [2.45, 2.75) is 26.3 Å². The Balaban J connectivity index is 1.74. The number of benzene rings is 2. The lowest BCUT2D eigenvalue weighted by atomic mass is 10.1. The lowest BCUT2D eigenvalue weighted by molar-refractivity contribution is -0.121. The standard InChI is InChI=1S/C22H25N3O6/c1-12-6-7-16(13(2)8-12)25-19(26)11-15(22(25)28)23-24-21(27)14-9-17(29-3)20(31-5)18(10-14)30-4/h6-10,15,23H,11H2,1-5H3,(H,24,27)/t15-/m0/s1. The van der Waals surface area contributed by atoms with Gasteiger partial charge in [-0.1, -0.05) is 17.7 Å². The van der Waals surface area contributed by atoms with E-state index in [0.717, 1.165) is 16.0 Å². The third kappa shape index (κ3) is 4.31. The van der Waals surface area contributed by atoms with E-state index in [1.807, 2.05) is 26.0 Å². The number of anilines is 1. The molecular weight excluding hydrogens is 402 g/mol. The van der Waals surface area contributed by atoms with Crippen molar-refractivity contribution < 1.29 is 28.6 Å². The molecule has 0 aromatic heterocycles. The first kappa shape index (κ1) is 22.1. The lowest BCUT2D eigenvalue weighted by Crippen LogP contribution is -2.48. The maximum atomic E-state index is 12.8. The van der Waals surface area contributed by atoms with Gasteiger partial charge in [-0.05, 0) is 37.6 Å². The van der Waals surface area contributed by atoms with Crippen molar-refractivity contribution in [3.05, 3.63) is 47.0 Å². The molecule has 0 aliphatic carbocycles. The third-order valence-electron chi connectivity index (χ3n) is 5.03. The van der Waals surface area contributed by atoms with Crippen LogP contribution in [0.2, 0.25) is 0 Å². The fourth-order valence-electron chi connectivity index (χ4n) is 3.49. The van der Waals surface area contributed by atoms with E-state index in [-0.39, 0.29) is 17.9 Å². The van der Waals surface area contributed by atoms with Crippen LogP contribution in [0, 0.1) is 13.8 Å². The molecule has 0 saturated carbocycles. The second kappa shape index (κ2) is 9.05. The number of amides is 3. The molecule has 2 aromatic carbocycles. The summed E-state index contributed by atoms with van der Waals surface area (Å²) in [6.07, 6.45) is -0.0678. The Hall–Kier alpha value is -3.59. The van der Waals surface area contributed by atoms with Gasteiger partial charge in [-0.2, -0.15) is 0 Å². The van der Waals surface area contributed by atoms with Crippen LogP contribution in [-0.2, 0) is 9.59 Å². The zero-order valence-corrected chi connectivity index (χ0v) is 18.1. The van der Waals surface area contributed by atoms with Crippen LogP contribution >= 0.6 is 0 Å². The zero-order valence-electron chi connectivity index (χ0n) is 18.1. The van der Waals surface area contributed by atoms with Crippen molar-refractivity contribution in [3.63, 3.8) is 0 Å². The molecule has 31 heavy (non-hydrogen) atoms. The molecule has 9 nitrogen and oxygen atoms in total. The van der Waals surface area contributed by atoms with Gasteiger partial charge in [0.1, 0.15) is 6.04 Å². The van der Waals surface area contributed by atoms with Crippen molar-refractivity contribution in [3.8, 4) is 17.2 Å². The van der Waals surface area contributed by atoms with Crippen LogP contribution in [0.15, 0.2) is 30.3 Å².